The number of benzene rings is 3. The maximum absolute atomic E-state index is 12.7. The molecule has 1 atom stereocenters. The first-order valence-corrected chi connectivity index (χ1v) is 14.4. The molecule has 0 aromatic heterocycles. The predicted molar refractivity (Wildman–Crippen MR) is 165 cm³/mol. The number of amidine groups is 1. The molecule has 3 aromatic carbocycles. The summed E-state index contributed by atoms with van der Waals surface area (Å²) in [7, 11) is -1.41. The van der Waals surface area contributed by atoms with Crippen molar-refractivity contribution in [2.45, 2.75) is 38.5 Å². The van der Waals surface area contributed by atoms with Crippen LogP contribution in [-0.4, -0.2) is 39.5 Å². The number of ether oxygens (including phenoxy) is 1. The van der Waals surface area contributed by atoms with Crippen molar-refractivity contribution in [1.82, 2.24) is 4.90 Å². The second-order valence-corrected chi connectivity index (χ2v) is 10.7. The Bertz CT molecular complexity index is 1400. The predicted octanol–water partition coefficient (Wildman–Crippen LogP) is 7.10. The zero-order chi connectivity index (χ0) is 28.9. The molecule has 3 N–H and O–H groups in total. The van der Waals surface area contributed by atoms with E-state index in [0.29, 0.717) is 17.1 Å². The average Bonchev–Trinajstić information content (AvgIpc) is 2.95. The molecule has 7 nitrogen and oxygen atoms in total. The highest BCUT2D eigenvalue weighted by atomic mass is 32.2. The van der Waals surface area contributed by atoms with E-state index in [1.807, 2.05) is 69.3 Å². The Morgan fingerprint density at radius 3 is 2.42 bits per heavy atom. The first kappa shape index (κ1) is 30.2. The highest BCUT2D eigenvalue weighted by molar-refractivity contribution is 7.85. The van der Waals surface area contributed by atoms with Gasteiger partial charge in [-0.1, -0.05) is 55.0 Å². The molecule has 0 spiro atoms. The summed E-state index contributed by atoms with van der Waals surface area (Å²) in [5, 5.41) is 18.4. The molecule has 0 bridgehead atoms. The van der Waals surface area contributed by atoms with Gasteiger partial charge < -0.3 is 15.0 Å². The Balaban J connectivity index is 1.57. The molecule has 0 fully saturated rings. The van der Waals surface area contributed by atoms with Crippen LogP contribution in [0.1, 0.15) is 39.2 Å². The Morgan fingerprint density at radius 2 is 1.77 bits per heavy atom. The summed E-state index contributed by atoms with van der Waals surface area (Å²) < 4.78 is 18.2. The number of rotatable bonds is 13. The van der Waals surface area contributed by atoms with Crippen molar-refractivity contribution in [3.8, 4) is 16.9 Å². The quantitative estimate of drug-likeness (QED) is 0.119. The molecule has 0 aliphatic heterocycles. The fourth-order valence-electron chi connectivity index (χ4n) is 3.97. The third-order valence-electron chi connectivity index (χ3n) is 5.90. The van der Waals surface area contributed by atoms with E-state index in [1.54, 1.807) is 30.5 Å². The Morgan fingerprint density at radius 1 is 1.05 bits per heavy atom. The molecule has 40 heavy (non-hydrogen) atoms. The summed E-state index contributed by atoms with van der Waals surface area (Å²) in [6.45, 7) is 6.34. The maximum Gasteiger partial charge on any atom is 0.228 e. The number of anilines is 1. The highest BCUT2D eigenvalue weighted by Crippen LogP contribution is 2.25. The first-order chi connectivity index (χ1) is 19.3. The molecule has 0 radical (unpaired) electrons. The number of hydrogen-bond acceptors (Lipinski definition) is 5. The van der Waals surface area contributed by atoms with Crippen molar-refractivity contribution in [2.24, 2.45) is 0 Å². The van der Waals surface area contributed by atoms with E-state index in [1.165, 1.54) is 4.90 Å². The molecule has 3 aromatic rings. The molecule has 0 saturated carbocycles. The van der Waals surface area contributed by atoms with Gasteiger partial charge in [0, 0.05) is 23.5 Å². The Labute approximate surface area is 239 Å². The van der Waals surface area contributed by atoms with Crippen LogP contribution in [0.2, 0.25) is 0 Å². The smallest absolute Gasteiger partial charge is 0.228 e. The lowest BCUT2D eigenvalue weighted by molar-refractivity contribution is -0.115. The summed E-state index contributed by atoms with van der Waals surface area (Å²) in [6, 6.07) is 22.9. The van der Waals surface area contributed by atoms with Gasteiger partial charge >= 0.3 is 0 Å². The number of allylic oxidation sites excluding steroid dienone is 1. The molecule has 8 heteroatoms. The molecule has 0 aliphatic carbocycles. The molecule has 1 amide bonds. The monoisotopic (exact) mass is 556 g/mol. The van der Waals surface area contributed by atoms with Gasteiger partial charge in [-0.25, -0.2) is 0 Å². The average molecular weight is 557 g/mol. The third kappa shape index (κ3) is 9.17. The topological polar surface area (TPSA) is 106 Å². The van der Waals surface area contributed by atoms with Crippen LogP contribution in [0.15, 0.2) is 95.6 Å². The Kier molecular flexibility index (Phi) is 11.6. The van der Waals surface area contributed by atoms with E-state index in [-0.39, 0.29) is 23.9 Å². The minimum atomic E-state index is -1.41. The number of carbonyl (C=O) groups excluding carboxylic acids is 1. The van der Waals surface area contributed by atoms with E-state index >= 15 is 0 Å². The zero-order valence-corrected chi connectivity index (χ0v) is 24.0. The second-order valence-electron chi connectivity index (χ2n) is 9.24. The van der Waals surface area contributed by atoms with E-state index < -0.39 is 10.8 Å². The normalized spacial score (nSPS) is 12.1. The van der Waals surface area contributed by atoms with Crippen LogP contribution in [0.3, 0.4) is 0 Å². The van der Waals surface area contributed by atoms with Crippen LogP contribution in [-0.2, 0) is 15.6 Å². The first-order valence-electron chi connectivity index (χ1n) is 13.1. The van der Waals surface area contributed by atoms with E-state index in [9.17, 15) is 9.00 Å². The molecule has 208 valence electrons. The number of amides is 1. The van der Waals surface area contributed by atoms with E-state index in [4.69, 9.17) is 15.6 Å². The summed E-state index contributed by atoms with van der Waals surface area (Å²) in [6.07, 6.45) is 7.61. The molecular weight excluding hydrogens is 520 g/mol. The van der Waals surface area contributed by atoms with Gasteiger partial charge in [0.1, 0.15) is 11.6 Å². The van der Waals surface area contributed by atoms with E-state index in [0.717, 1.165) is 40.8 Å². The number of nitrogens with one attached hydrogen (secondary N) is 3. The van der Waals surface area contributed by atoms with Crippen LogP contribution < -0.4 is 10.1 Å². The molecule has 0 saturated heterocycles. The fourth-order valence-corrected chi connectivity index (χ4v) is 4.99. The second kappa shape index (κ2) is 15.3. The lowest BCUT2D eigenvalue weighted by atomic mass is 10.0. The largest absolute Gasteiger partial charge is 0.465 e. The van der Waals surface area contributed by atoms with Gasteiger partial charge in [0.25, 0.3) is 0 Å². The Hall–Kier alpha value is -4.30. The van der Waals surface area contributed by atoms with Crippen molar-refractivity contribution in [3.05, 3.63) is 96.3 Å². The lowest BCUT2D eigenvalue weighted by Gasteiger charge is -2.18. The van der Waals surface area contributed by atoms with Gasteiger partial charge in [-0.05, 0) is 79.4 Å². The SMILES string of the molecule is C/C=C/Oc1ccc(-c2cccc(/C=C(\C)CC(=O)Nc3ccc(S(=O)CC(=N)N(C=N)CCC)cc3)c2)cc1. The summed E-state index contributed by atoms with van der Waals surface area (Å²) >= 11 is 0. The van der Waals surface area contributed by atoms with Gasteiger partial charge in [0.2, 0.25) is 5.91 Å². The fraction of sp³-hybridized carbons (Fsp3) is 0.219. The number of hydrogen-bond donors (Lipinski definition) is 3. The van der Waals surface area contributed by atoms with Gasteiger partial charge in [0.15, 0.2) is 0 Å². The zero-order valence-electron chi connectivity index (χ0n) is 23.1. The molecule has 0 aliphatic rings. The van der Waals surface area contributed by atoms with Crippen molar-refractivity contribution in [2.75, 3.05) is 17.6 Å². The standard InChI is InChI=1S/C32H36N4O3S/c1-4-17-36(23-33)31(34)22-40(38)30-15-11-28(12-16-30)35-32(37)20-24(3)19-25-7-6-8-27(21-25)26-9-13-29(14-10-26)39-18-5-2/h5-16,18-19,21,23,33-34H,4,17,20,22H2,1-3H3,(H,35,37)/b18-5+,24-19+,33-23?,34-31?. The van der Waals surface area contributed by atoms with Crippen molar-refractivity contribution in [1.29, 1.82) is 10.8 Å². The van der Waals surface area contributed by atoms with Crippen LogP contribution in [0.4, 0.5) is 5.69 Å². The van der Waals surface area contributed by atoms with Gasteiger partial charge in [-0.2, -0.15) is 0 Å². The maximum atomic E-state index is 12.7. The van der Waals surface area contributed by atoms with Crippen molar-refractivity contribution < 1.29 is 13.7 Å². The summed E-state index contributed by atoms with van der Waals surface area (Å²) in [5.41, 5.74) is 4.70. The summed E-state index contributed by atoms with van der Waals surface area (Å²) in [4.78, 5) is 14.7. The lowest BCUT2D eigenvalue weighted by Crippen LogP contribution is -2.33. The summed E-state index contributed by atoms with van der Waals surface area (Å²) in [5.74, 6) is 0.815. The van der Waals surface area contributed by atoms with Crippen LogP contribution in [0, 0.1) is 10.8 Å². The molecule has 3 rings (SSSR count). The van der Waals surface area contributed by atoms with Crippen molar-refractivity contribution in [3.63, 3.8) is 0 Å². The van der Waals surface area contributed by atoms with Gasteiger partial charge in [0.05, 0.1) is 29.2 Å². The molecule has 0 heterocycles. The van der Waals surface area contributed by atoms with E-state index in [2.05, 4.69) is 17.4 Å². The molecular formula is C32H36N4O3S. The molecule has 1 unspecified atom stereocenters. The minimum absolute atomic E-state index is 0.0303. The highest BCUT2D eigenvalue weighted by Gasteiger charge is 2.13. The minimum Gasteiger partial charge on any atom is -0.465 e. The van der Waals surface area contributed by atoms with Crippen LogP contribution in [0.5, 0.6) is 5.75 Å². The van der Waals surface area contributed by atoms with Crippen molar-refractivity contribution >= 4 is 40.6 Å². The number of carbonyl (C=O) groups is 1. The van der Waals surface area contributed by atoms with Crippen LogP contribution in [0.25, 0.3) is 17.2 Å². The van der Waals surface area contributed by atoms with Gasteiger partial charge in [-0.15, -0.1) is 0 Å². The van der Waals surface area contributed by atoms with Crippen LogP contribution >= 0.6 is 0 Å². The third-order valence-corrected chi connectivity index (χ3v) is 7.24. The van der Waals surface area contributed by atoms with Gasteiger partial charge in [-0.3, -0.25) is 19.8 Å². The number of nitrogens with zero attached hydrogens (tertiary/aromatic N) is 1.